The summed E-state index contributed by atoms with van der Waals surface area (Å²) in [6, 6.07) is 0. The van der Waals surface area contributed by atoms with Gasteiger partial charge in [-0.1, -0.05) is 0 Å². The number of ketones is 2. The van der Waals surface area contributed by atoms with E-state index in [1.54, 1.807) is 0 Å². The molecular weight excluding hydrogens is 152 g/mol. The van der Waals surface area contributed by atoms with Crippen LogP contribution >= 0.6 is 0 Å². The molecule has 0 aromatic carbocycles. The van der Waals surface area contributed by atoms with Gasteiger partial charge in [0.2, 0.25) is 0 Å². The summed E-state index contributed by atoms with van der Waals surface area (Å²) in [5.74, 6) is 2.30. The van der Waals surface area contributed by atoms with Crippen LogP contribution in [-0.2, 0) is 9.59 Å². The third kappa shape index (κ3) is 0.584. The van der Waals surface area contributed by atoms with Gasteiger partial charge in [0, 0.05) is 24.7 Å². The fourth-order valence-corrected chi connectivity index (χ4v) is 3.54. The number of rotatable bonds is 0. The van der Waals surface area contributed by atoms with Gasteiger partial charge in [-0.25, -0.2) is 0 Å². The van der Waals surface area contributed by atoms with Crippen LogP contribution in [0.1, 0.15) is 25.7 Å². The van der Waals surface area contributed by atoms with E-state index in [1.807, 2.05) is 0 Å². The minimum absolute atomic E-state index is 0.171. The minimum atomic E-state index is 0.171. The van der Waals surface area contributed by atoms with Crippen LogP contribution in [-0.4, -0.2) is 11.6 Å². The maximum Gasteiger partial charge on any atom is 0.137 e. The fraction of sp³-hybridized carbons (Fsp3) is 0.800. The largest absolute Gasteiger partial charge is 0.299 e. The zero-order chi connectivity index (χ0) is 8.29. The molecule has 0 radical (unpaired) electrons. The maximum absolute atomic E-state index is 11.4. The summed E-state index contributed by atoms with van der Waals surface area (Å²) in [5.41, 5.74) is 0. The Kier molecular flexibility index (Phi) is 1.12. The summed E-state index contributed by atoms with van der Waals surface area (Å²) in [6.45, 7) is 0. The Morgan fingerprint density at radius 3 is 1.67 bits per heavy atom. The van der Waals surface area contributed by atoms with Crippen molar-refractivity contribution >= 4 is 11.6 Å². The van der Waals surface area contributed by atoms with Crippen molar-refractivity contribution in [2.24, 2.45) is 23.7 Å². The third-order valence-corrected chi connectivity index (χ3v) is 4.05. The number of carbonyl (C=O) groups is 2. The average Bonchev–Trinajstić information content (AvgIpc) is 2.41. The quantitative estimate of drug-likeness (QED) is 0.539. The molecule has 0 heterocycles. The van der Waals surface area contributed by atoms with Crippen molar-refractivity contribution in [3.63, 3.8) is 0 Å². The molecule has 3 aliphatic carbocycles. The molecule has 0 aliphatic heterocycles. The summed E-state index contributed by atoms with van der Waals surface area (Å²) in [4.78, 5) is 22.7. The van der Waals surface area contributed by atoms with Gasteiger partial charge < -0.3 is 0 Å². The van der Waals surface area contributed by atoms with E-state index in [9.17, 15) is 9.59 Å². The average molecular weight is 164 g/mol. The minimum Gasteiger partial charge on any atom is -0.299 e. The predicted octanol–water partition coefficient (Wildman–Crippen LogP) is 1.19. The Bertz CT molecular complexity index is 241. The first-order valence-corrected chi connectivity index (χ1v) is 4.84. The van der Waals surface area contributed by atoms with E-state index in [0.29, 0.717) is 23.4 Å². The highest BCUT2D eigenvalue weighted by Crippen LogP contribution is 2.59. The Labute approximate surface area is 71.3 Å². The summed E-state index contributed by atoms with van der Waals surface area (Å²) >= 11 is 0. The molecule has 3 rings (SSSR count). The summed E-state index contributed by atoms with van der Waals surface area (Å²) < 4.78 is 0. The molecule has 3 aliphatic rings. The molecule has 0 spiro atoms. The topological polar surface area (TPSA) is 34.1 Å². The van der Waals surface area contributed by atoms with E-state index >= 15 is 0 Å². The Balaban J connectivity index is 1.93. The zero-order valence-corrected chi connectivity index (χ0v) is 6.95. The van der Waals surface area contributed by atoms with Gasteiger partial charge in [-0.05, 0) is 24.7 Å². The van der Waals surface area contributed by atoms with E-state index < -0.39 is 0 Å². The van der Waals surface area contributed by atoms with Crippen molar-refractivity contribution in [1.82, 2.24) is 0 Å². The molecule has 3 saturated carbocycles. The molecule has 0 saturated heterocycles. The first-order chi connectivity index (χ1) is 5.79. The molecular formula is C10H12O2. The lowest BCUT2D eigenvalue weighted by Gasteiger charge is -2.42. The highest BCUT2D eigenvalue weighted by Gasteiger charge is 2.61. The second-order valence-corrected chi connectivity index (χ2v) is 4.39. The van der Waals surface area contributed by atoms with Crippen LogP contribution < -0.4 is 0 Å². The van der Waals surface area contributed by atoms with E-state index in [4.69, 9.17) is 0 Å². The summed E-state index contributed by atoms with van der Waals surface area (Å²) in [5, 5.41) is 0. The Hall–Kier alpha value is -0.660. The second kappa shape index (κ2) is 1.98. The van der Waals surface area contributed by atoms with E-state index in [-0.39, 0.29) is 11.8 Å². The molecule has 3 fully saturated rings. The molecule has 4 atom stereocenters. The zero-order valence-electron chi connectivity index (χ0n) is 6.95. The van der Waals surface area contributed by atoms with Gasteiger partial charge in [-0.15, -0.1) is 0 Å². The van der Waals surface area contributed by atoms with Gasteiger partial charge in [0.15, 0.2) is 0 Å². The Morgan fingerprint density at radius 2 is 1.25 bits per heavy atom. The number of fused-ring (bicyclic) bond motifs is 4. The van der Waals surface area contributed by atoms with E-state index in [0.717, 1.165) is 25.7 Å². The Morgan fingerprint density at radius 1 is 0.833 bits per heavy atom. The summed E-state index contributed by atoms with van der Waals surface area (Å²) in [7, 11) is 0. The second-order valence-electron chi connectivity index (χ2n) is 4.39. The van der Waals surface area contributed by atoms with Gasteiger partial charge in [0.05, 0.1) is 0 Å². The third-order valence-electron chi connectivity index (χ3n) is 4.05. The molecule has 12 heavy (non-hydrogen) atoms. The lowest BCUT2D eigenvalue weighted by atomic mass is 9.59. The van der Waals surface area contributed by atoms with Crippen LogP contribution in [0.15, 0.2) is 0 Å². The monoisotopic (exact) mass is 164 g/mol. The molecule has 2 nitrogen and oxygen atoms in total. The molecule has 64 valence electrons. The molecule has 0 aromatic rings. The highest BCUT2D eigenvalue weighted by molar-refractivity contribution is 5.95. The molecule has 0 bridgehead atoms. The lowest BCUT2D eigenvalue weighted by molar-refractivity contribution is -0.139. The molecule has 0 aromatic heterocycles. The number of Topliss-reactive ketones (excluding diaryl/α,β-unsaturated/α-hetero) is 2. The number of hydrogen-bond donors (Lipinski definition) is 0. The van der Waals surface area contributed by atoms with Crippen molar-refractivity contribution in [2.45, 2.75) is 25.7 Å². The normalized spacial score (nSPS) is 50.3. The fourth-order valence-electron chi connectivity index (χ4n) is 3.54. The van der Waals surface area contributed by atoms with Crippen molar-refractivity contribution in [1.29, 1.82) is 0 Å². The maximum atomic E-state index is 11.4. The SMILES string of the molecule is O=C1CC[C@@H]2[C@H]3CCC(=O)[C@@H]3[C@@H]12. The highest BCUT2D eigenvalue weighted by atomic mass is 16.1. The van der Waals surface area contributed by atoms with Gasteiger partial charge in [-0.3, -0.25) is 9.59 Å². The molecule has 2 heteroatoms. The van der Waals surface area contributed by atoms with Gasteiger partial charge in [-0.2, -0.15) is 0 Å². The molecule has 0 amide bonds. The van der Waals surface area contributed by atoms with Crippen molar-refractivity contribution in [2.75, 3.05) is 0 Å². The number of carbonyl (C=O) groups excluding carboxylic acids is 2. The van der Waals surface area contributed by atoms with Gasteiger partial charge in [0.1, 0.15) is 11.6 Å². The van der Waals surface area contributed by atoms with E-state index in [1.165, 1.54) is 0 Å². The van der Waals surface area contributed by atoms with Crippen LogP contribution in [0.5, 0.6) is 0 Å². The standard InChI is InChI=1S/C10H12O2/c11-7-3-1-5-6-2-4-8(12)10(6)9(5)7/h5-6,9-10H,1-4H2/t5-,6-,9-,10-/m1/s1. The summed E-state index contributed by atoms with van der Waals surface area (Å²) in [6.07, 6.45) is 3.63. The van der Waals surface area contributed by atoms with E-state index in [2.05, 4.69) is 0 Å². The number of hydrogen-bond acceptors (Lipinski definition) is 2. The van der Waals surface area contributed by atoms with Gasteiger partial charge >= 0.3 is 0 Å². The van der Waals surface area contributed by atoms with Crippen LogP contribution in [0, 0.1) is 23.7 Å². The van der Waals surface area contributed by atoms with Crippen LogP contribution in [0.2, 0.25) is 0 Å². The van der Waals surface area contributed by atoms with Crippen LogP contribution in [0.4, 0.5) is 0 Å². The van der Waals surface area contributed by atoms with Crippen molar-refractivity contribution in [3.05, 3.63) is 0 Å². The first kappa shape index (κ1) is 6.81. The lowest BCUT2D eigenvalue weighted by Crippen LogP contribution is -2.46. The van der Waals surface area contributed by atoms with Gasteiger partial charge in [0.25, 0.3) is 0 Å². The predicted molar refractivity (Wildman–Crippen MR) is 42.4 cm³/mol. The molecule has 0 N–H and O–H groups in total. The smallest absolute Gasteiger partial charge is 0.137 e. The van der Waals surface area contributed by atoms with Crippen molar-refractivity contribution < 1.29 is 9.59 Å². The van der Waals surface area contributed by atoms with Crippen LogP contribution in [0.3, 0.4) is 0 Å². The van der Waals surface area contributed by atoms with Crippen LogP contribution in [0.25, 0.3) is 0 Å². The molecule has 0 unspecified atom stereocenters. The van der Waals surface area contributed by atoms with Crippen molar-refractivity contribution in [3.8, 4) is 0 Å². The first-order valence-electron chi connectivity index (χ1n) is 4.84.